The molecule has 6 atom stereocenters. The summed E-state index contributed by atoms with van der Waals surface area (Å²) in [4.78, 5) is 100.0. The van der Waals surface area contributed by atoms with Crippen LogP contribution < -0.4 is 32.1 Å². The van der Waals surface area contributed by atoms with Crippen molar-refractivity contribution in [3.63, 3.8) is 0 Å². The number of alkyl halides is 3. The first-order chi connectivity index (χ1) is 30.8. The molecule has 0 spiro atoms. The van der Waals surface area contributed by atoms with Gasteiger partial charge in [-0.1, -0.05) is 97.6 Å². The number of aliphatic carboxylic acids is 1. The second kappa shape index (κ2) is 28.3. The van der Waals surface area contributed by atoms with Gasteiger partial charge in [0.05, 0.1) is 0 Å². The van der Waals surface area contributed by atoms with Crippen molar-refractivity contribution in [3.8, 4) is 0 Å². The van der Waals surface area contributed by atoms with Gasteiger partial charge in [-0.25, -0.2) is 10.9 Å². The molecule has 0 unspecified atom stereocenters. The van der Waals surface area contributed by atoms with Crippen LogP contribution in [-0.2, 0) is 43.1 Å². The zero-order valence-electron chi connectivity index (χ0n) is 38.0. The summed E-state index contributed by atoms with van der Waals surface area (Å²) in [6.07, 6.45) is 19.1. The molecule has 0 bridgehead atoms. The van der Waals surface area contributed by atoms with Gasteiger partial charge in [0.25, 0.3) is 11.8 Å². The average molecular weight is 976 g/mol. The third-order valence-electron chi connectivity index (χ3n) is 11.8. The molecule has 65 heavy (non-hydrogen) atoms. The number of halogens is 3. The topological polar surface area (TPSA) is 245 Å². The second-order valence-electron chi connectivity index (χ2n) is 17.1. The quantitative estimate of drug-likeness (QED) is 0.0621. The van der Waals surface area contributed by atoms with Crippen LogP contribution in [0.5, 0.6) is 0 Å². The monoisotopic (exact) mass is 974 g/mol. The second-order valence-corrected chi connectivity index (χ2v) is 19.6. The lowest BCUT2D eigenvalue weighted by atomic mass is 9.83. The van der Waals surface area contributed by atoms with Crippen LogP contribution in [0.4, 0.5) is 0 Å². The zero-order chi connectivity index (χ0) is 48.1. The number of rotatable bonds is 17. The summed E-state index contributed by atoms with van der Waals surface area (Å²) in [6, 6.07) is -4.68. The smallest absolute Gasteiger partial charge is 0.325 e. The Morgan fingerprint density at radius 1 is 0.631 bits per heavy atom. The summed E-state index contributed by atoms with van der Waals surface area (Å²) in [7, 11) is 0. The third-order valence-corrected chi connectivity index (χ3v) is 12.2. The number of hydrazine groups is 2. The van der Waals surface area contributed by atoms with Gasteiger partial charge >= 0.3 is 11.9 Å². The number of amides is 6. The third kappa shape index (κ3) is 19.4. The lowest BCUT2D eigenvalue weighted by Crippen LogP contribution is -2.61. The lowest BCUT2D eigenvalue weighted by molar-refractivity contribution is -0.153. The minimum atomic E-state index is -1.73. The van der Waals surface area contributed by atoms with Crippen molar-refractivity contribution in [2.24, 2.45) is 11.8 Å². The Labute approximate surface area is 397 Å². The molecule has 4 fully saturated rings. The Morgan fingerprint density at radius 3 is 1.42 bits per heavy atom. The summed E-state index contributed by atoms with van der Waals surface area (Å²) >= 11 is 16.9. The van der Waals surface area contributed by atoms with E-state index in [9.17, 15) is 38.4 Å². The highest BCUT2D eigenvalue weighted by atomic mass is 35.6. The van der Waals surface area contributed by atoms with Gasteiger partial charge in [-0.2, -0.15) is 0 Å². The number of allylic oxidation sites excluding steroid dienone is 2. The Bertz CT molecular complexity index is 1690. The maximum Gasteiger partial charge on any atom is 0.325 e. The molecule has 2 aliphatic heterocycles. The van der Waals surface area contributed by atoms with Crippen LogP contribution >= 0.6 is 34.8 Å². The molecule has 2 aliphatic carbocycles. The van der Waals surface area contributed by atoms with Gasteiger partial charge < -0.3 is 31.1 Å². The number of carboxylic acids is 1. The van der Waals surface area contributed by atoms with Crippen LogP contribution in [0.15, 0.2) is 24.3 Å². The first-order valence-electron chi connectivity index (χ1n) is 22.9. The molecule has 6 amide bonds. The van der Waals surface area contributed by atoms with E-state index in [1.54, 1.807) is 38.2 Å². The SMILES string of the molecule is C/C=C/CC(=O)N[C@H](C(=O)N[C@@H](C)C(=O)N1CCC[C@@H](C(=O)O)N1)C1CCCCC1.C/C=C/CC(=O)N[C@H](C(=O)N[C@@H](C)C(=O)N1CCC[C@@H](C(=O)OCC(Cl)(Cl)Cl)N1)C1CCCCC1. The summed E-state index contributed by atoms with van der Waals surface area (Å²) in [6.45, 7) is 7.14. The van der Waals surface area contributed by atoms with Crippen LogP contribution in [0.25, 0.3) is 0 Å². The molecule has 0 radical (unpaired) electrons. The molecule has 366 valence electrons. The van der Waals surface area contributed by atoms with E-state index in [0.717, 1.165) is 64.2 Å². The largest absolute Gasteiger partial charge is 0.480 e. The van der Waals surface area contributed by atoms with E-state index in [-0.39, 0.29) is 48.3 Å². The summed E-state index contributed by atoms with van der Waals surface area (Å²) < 4.78 is 3.29. The van der Waals surface area contributed by atoms with Gasteiger partial charge in [0.1, 0.15) is 42.9 Å². The molecule has 4 aliphatic rings. The van der Waals surface area contributed by atoms with Crippen molar-refractivity contribution < 1.29 is 48.2 Å². The normalized spacial score (nSPS) is 21.8. The molecule has 4 rings (SSSR count). The fourth-order valence-corrected chi connectivity index (χ4v) is 8.50. The minimum Gasteiger partial charge on any atom is -0.480 e. The van der Waals surface area contributed by atoms with Crippen LogP contribution in [0.3, 0.4) is 0 Å². The first kappa shape index (κ1) is 55.4. The fraction of sp³-hybridized carbons (Fsp3) is 0.727. The van der Waals surface area contributed by atoms with E-state index >= 15 is 0 Å². The molecular weight excluding hydrogens is 907 g/mol. The van der Waals surface area contributed by atoms with Gasteiger partial charge in [0.2, 0.25) is 27.4 Å². The zero-order valence-corrected chi connectivity index (χ0v) is 40.3. The molecule has 18 nitrogen and oxygen atoms in total. The van der Waals surface area contributed by atoms with E-state index in [1.807, 2.05) is 13.8 Å². The molecule has 21 heteroatoms. The molecule has 7 N–H and O–H groups in total. The van der Waals surface area contributed by atoms with Crippen molar-refractivity contribution in [2.75, 3.05) is 19.7 Å². The first-order valence-corrected chi connectivity index (χ1v) is 24.0. The van der Waals surface area contributed by atoms with Crippen LogP contribution in [0.2, 0.25) is 0 Å². The minimum absolute atomic E-state index is 0.0192. The molecule has 0 aromatic carbocycles. The Balaban J connectivity index is 0.000000349. The highest BCUT2D eigenvalue weighted by Gasteiger charge is 2.37. The number of carbonyl (C=O) groups is 8. The Kier molecular flexibility index (Phi) is 24.1. The Hall–Kier alpha value is -3.97. The van der Waals surface area contributed by atoms with Gasteiger partial charge in [-0.05, 0) is 90.9 Å². The van der Waals surface area contributed by atoms with Crippen LogP contribution in [-0.4, -0.2) is 122 Å². The number of carboxylic acid groups (broad SMARTS) is 1. The van der Waals surface area contributed by atoms with Gasteiger partial charge in [-0.3, -0.25) is 48.4 Å². The molecule has 2 saturated carbocycles. The van der Waals surface area contributed by atoms with Gasteiger partial charge in [-0.15, -0.1) is 0 Å². The predicted molar refractivity (Wildman–Crippen MR) is 246 cm³/mol. The summed E-state index contributed by atoms with van der Waals surface area (Å²) in [5, 5.41) is 22.9. The van der Waals surface area contributed by atoms with Gasteiger partial charge in [0, 0.05) is 25.9 Å². The summed E-state index contributed by atoms with van der Waals surface area (Å²) in [5.74, 6) is -3.59. The predicted octanol–water partition coefficient (Wildman–Crippen LogP) is 4.03. The lowest BCUT2D eigenvalue weighted by Gasteiger charge is -2.35. The summed E-state index contributed by atoms with van der Waals surface area (Å²) in [5.41, 5.74) is 5.55. The van der Waals surface area contributed by atoms with Crippen LogP contribution in [0.1, 0.15) is 130 Å². The molecule has 0 aromatic heterocycles. The standard InChI is InChI=1S/C23H35Cl3N4O5.C21H34N4O5/c1-3-4-12-18(31)28-19(16-9-6-5-7-10-16)20(32)27-15(2)21(33)30-13-8-11-17(29-30)22(34)35-14-23(24,25)26;1-3-4-12-17(26)23-18(15-9-6-5-7-10-15)19(27)22-14(2)20(28)25-13-8-11-16(24-25)21(29)30/h3-4,15-17,19,29H,5-14H2,1-2H3,(H,27,32)(H,28,31);3-4,14-16,18,24H,5-13H2,1-2H3,(H,22,27)(H,23,26)(H,29,30)/b2*4-3+/t15-,17-,19-;14-,16-,18-/m00/s1. The van der Waals surface area contributed by atoms with E-state index in [2.05, 4.69) is 32.1 Å². The molecule has 2 saturated heterocycles. The average Bonchev–Trinajstić information content (AvgIpc) is 3.30. The van der Waals surface area contributed by atoms with E-state index in [4.69, 9.17) is 44.6 Å². The van der Waals surface area contributed by atoms with Crippen molar-refractivity contribution in [2.45, 2.75) is 170 Å². The number of ether oxygens (including phenoxy) is 1. The van der Waals surface area contributed by atoms with Crippen molar-refractivity contribution in [3.05, 3.63) is 24.3 Å². The number of hydrogen-bond acceptors (Lipinski definition) is 11. The van der Waals surface area contributed by atoms with E-state index in [0.29, 0.717) is 38.8 Å². The maximum atomic E-state index is 13.2. The Morgan fingerprint density at radius 2 is 1.03 bits per heavy atom. The van der Waals surface area contributed by atoms with Crippen LogP contribution in [0, 0.1) is 11.8 Å². The molecule has 2 heterocycles. The highest BCUT2D eigenvalue weighted by Crippen LogP contribution is 2.29. The fourth-order valence-electron chi connectivity index (χ4n) is 8.33. The van der Waals surface area contributed by atoms with E-state index in [1.165, 1.54) is 10.0 Å². The molecule has 0 aromatic rings. The number of hydrogen-bond donors (Lipinski definition) is 7. The molecular formula is C44H69Cl3N8O10. The number of carbonyl (C=O) groups excluding carboxylic acids is 7. The maximum absolute atomic E-state index is 13.2. The van der Waals surface area contributed by atoms with Crippen molar-refractivity contribution >= 4 is 82.2 Å². The van der Waals surface area contributed by atoms with Gasteiger partial charge in [0.15, 0.2) is 0 Å². The number of nitrogens with one attached hydrogen (secondary N) is 6. The number of esters is 1. The van der Waals surface area contributed by atoms with Crippen molar-refractivity contribution in [1.82, 2.24) is 42.1 Å². The van der Waals surface area contributed by atoms with E-state index < -0.39 is 70.4 Å². The highest BCUT2D eigenvalue weighted by molar-refractivity contribution is 6.67. The number of nitrogens with zero attached hydrogens (tertiary/aromatic N) is 2. The van der Waals surface area contributed by atoms with Crippen molar-refractivity contribution in [1.29, 1.82) is 0 Å².